The van der Waals surface area contributed by atoms with Gasteiger partial charge in [0, 0.05) is 358 Å². The number of benzene rings is 4. The Morgan fingerprint density at radius 3 is 1.07 bits per heavy atom. The fourth-order valence-electron chi connectivity index (χ4n) is 22.0. The quantitative estimate of drug-likeness (QED) is 0.103. The molecule has 0 atom stereocenters. The Hall–Kier alpha value is -14.3. The molecule has 4 saturated heterocycles. The van der Waals surface area contributed by atoms with Gasteiger partial charge in [0.2, 0.25) is 23.6 Å². The number of aromatic nitrogens is 20. The standard InChI is InChI=1S/C28H32N6O2.C27H27N7O2.C27H30N6O2.C26H27ClN6O2/c1-4-19-11-20-13-26(21-14-30-32(3)16-21)29-15-24(20)23(12-19)28-25-17-33(18(2)35)8-5-27(25)34(31-28)22-6-9-36-10-7-22;1-17(35)33-9-6-25-24(16-33)27(31-34(25)19-7-10-36-11-8-19)21-5-3-4-20-22(12-28)26(29-14-23(20)21)18-13-30-32(2)15-18;1-17-21-5-4-6-22(23(21)14-28-26(17)19-13-29-31(3)15-19)27-24-16-32(18(2)34)10-7-25(24)33(30-27)20-8-11-35-12-9-20;1-16(34)32-6-3-25-23(15-32)26(30-33(25)20-4-7-35-8-5-20)21-11-19(27)9-17-10-24(28-13-22(17)21)18-12-29-31(2)14-18/h11-16,22H,4-10,17H2,1-3H3;3-5,13-15,19H,6-11,16H2,1-2H3;4-6,13-15,20H,7-12,16H2,1-3H3;9-14,20H,3-8,15H2,1-2H3. The molecule has 142 heavy (non-hydrogen) atoms. The van der Waals surface area contributed by atoms with Gasteiger partial charge in [-0.3, -0.25) is 76.6 Å². The van der Waals surface area contributed by atoms with Crippen molar-refractivity contribution in [3.05, 3.63) is 214 Å². The smallest absolute Gasteiger partial charge is 0.219 e. The van der Waals surface area contributed by atoms with Crippen molar-refractivity contribution in [2.75, 3.05) is 79.0 Å². The van der Waals surface area contributed by atoms with E-state index in [0.717, 1.165) is 294 Å². The number of hydrogen-bond acceptors (Lipinski definition) is 21. The van der Waals surface area contributed by atoms with Gasteiger partial charge in [0.15, 0.2) is 0 Å². The number of nitriles is 1. The van der Waals surface area contributed by atoms with Crippen molar-refractivity contribution in [2.24, 2.45) is 28.2 Å². The predicted molar refractivity (Wildman–Crippen MR) is 540 cm³/mol. The number of fused-ring (bicyclic) bond motifs is 8. The molecule has 0 saturated carbocycles. The molecule has 20 heterocycles. The highest BCUT2D eigenvalue weighted by Gasteiger charge is 2.38. The minimum atomic E-state index is 0.0675. The number of rotatable bonds is 13. The maximum atomic E-state index is 12.3. The molecule has 12 aromatic heterocycles. The predicted octanol–water partition coefficient (Wildman–Crippen LogP) is 16.4. The summed E-state index contributed by atoms with van der Waals surface area (Å²) in [5.74, 6) is 0.370. The van der Waals surface area contributed by atoms with Crippen molar-refractivity contribution in [1.82, 2.24) is 118 Å². The molecular weight excluding hydrogens is 1810 g/mol. The monoisotopic (exact) mass is 1930 g/mol. The Kier molecular flexibility index (Phi) is 26.5. The lowest BCUT2D eigenvalue weighted by atomic mass is 9.94. The van der Waals surface area contributed by atoms with Gasteiger partial charge >= 0.3 is 0 Å². The molecule has 0 aliphatic carbocycles. The van der Waals surface area contributed by atoms with E-state index in [1.807, 2.05) is 152 Å². The first-order valence-corrected chi connectivity index (χ1v) is 49.9. The number of pyridine rings is 4. The van der Waals surface area contributed by atoms with Crippen LogP contribution in [0.5, 0.6) is 0 Å². The average molecular weight is 1930 g/mol. The van der Waals surface area contributed by atoms with Crippen LogP contribution in [0.4, 0.5) is 0 Å². The molecule has 0 N–H and O–H groups in total. The molecule has 8 aliphatic rings. The molecular formula is C108H116ClN25O8. The van der Waals surface area contributed by atoms with Crippen LogP contribution in [0, 0.1) is 18.3 Å². The minimum absolute atomic E-state index is 0.0675. The highest BCUT2D eigenvalue weighted by atomic mass is 35.5. The number of amides is 4. The largest absolute Gasteiger partial charge is 0.381 e. The third-order valence-electron chi connectivity index (χ3n) is 29.6. The number of ether oxygens (including phenoxy) is 4. The minimum Gasteiger partial charge on any atom is -0.381 e. The Morgan fingerprint density at radius 2 is 0.711 bits per heavy atom. The van der Waals surface area contributed by atoms with Crippen molar-refractivity contribution < 1.29 is 38.1 Å². The summed E-state index contributed by atoms with van der Waals surface area (Å²) < 4.78 is 38.4. The maximum Gasteiger partial charge on any atom is 0.219 e. The molecule has 4 aromatic carbocycles. The number of aryl methyl sites for hydroxylation is 6. The molecule has 0 radical (unpaired) electrons. The van der Waals surface area contributed by atoms with Crippen LogP contribution in [0.15, 0.2) is 147 Å². The van der Waals surface area contributed by atoms with Crippen LogP contribution in [0.25, 0.3) is 133 Å². The lowest BCUT2D eigenvalue weighted by Gasteiger charge is -2.29. The van der Waals surface area contributed by atoms with Crippen molar-refractivity contribution in [2.45, 2.75) is 175 Å². The van der Waals surface area contributed by atoms with E-state index in [4.69, 9.17) is 70.9 Å². The van der Waals surface area contributed by atoms with Gasteiger partial charge in [-0.15, -0.1) is 0 Å². The average Bonchev–Trinajstić information content (AvgIpc) is 1.60. The zero-order chi connectivity index (χ0) is 97.8. The molecule has 0 unspecified atom stereocenters. The van der Waals surface area contributed by atoms with Gasteiger partial charge in [-0.25, -0.2) is 0 Å². The van der Waals surface area contributed by atoms with Crippen LogP contribution >= 0.6 is 11.6 Å². The highest BCUT2D eigenvalue weighted by Crippen LogP contribution is 2.46. The second-order valence-corrected chi connectivity index (χ2v) is 38.9. The van der Waals surface area contributed by atoms with Crippen LogP contribution < -0.4 is 0 Å². The van der Waals surface area contributed by atoms with Gasteiger partial charge in [-0.1, -0.05) is 61.0 Å². The van der Waals surface area contributed by atoms with Crippen LogP contribution in [-0.2, 0) is 125 Å². The molecule has 34 heteroatoms. The van der Waals surface area contributed by atoms with Crippen molar-refractivity contribution in [1.29, 1.82) is 5.26 Å². The molecule has 0 bridgehead atoms. The van der Waals surface area contributed by atoms with Crippen LogP contribution in [0.3, 0.4) is 0 Å². The fraction of sp³-hybridized carbons (Fsp3) is 0.398. The number of halogens is 1. The second kappa shape index (κ2) is 40.0. The van der Waals surface area contributed by atoms with Gasteiger partial charge in [-0.05, 0) is 122 Å². The Bertz CT molecular complexity index is 7600. The van der Waals surface area contributed by atoms with Crippen molar-refractivity contribution in [3.8, 4) is 96.1 Å². The third-order valence-corrected chi connectivity index (χ3v) is 29.8. The van der Waals surface area contributed by atoms with E-state index in [0.29, 0.717) is 73.7 Å². The molecule has 33 nitrogen and oxygen atoms in total. The Balaban J connectivity index is 0.000000112. The molecule has 728 valence electrons. The van der Waals surface area contributed by atoms with E-state index in [2.05, 4.69) is 95.4 Å². The van der Waals surface area contributed by atoms with E-state index in [9.17, 15) is 24.4 Å². The maximum absolute atomic E-state index is 12.3. The molecule has 16 aromatic rings. The number of carbonyl (C=O) groups excluding carboxylic acids is 4. The van der Waals surface area contributed by atoms with Crippen molar-refractivity contribution >= 4 is 78.3 Å². The molecule has 24 rings (SSSR count). The molecule has 8 aliphatic heterocycles. The van der Waals surface area contributed by atoms with Gasteiger partial charge in [0.05, 0.1) is 100 Å². The van der Waals surface area contributed by atoms with Crippen molar-refractivity contribution in [3.63, 3.8) is 0 Å². The topological polar surface area (TPSA) is 336 Å². The molecule has 0 spiro atoms. The summed E-state index contributed by atoms with van der Waals surface area (Å²) in [4.78, 5) is 75.9. The number of nitrogens with zero attached hydrogens (tertiary/aromatic N) is 25. The van der Waals surface area contributed by atoms with Crippen LogP contribution in [0.1, 0.15) is 172 Å². The third kappa shape index (κ3) is 18.4. The normalized spacial score (nSPS) is 16.5. The zero-order valence-corrected chi connectivity index (χ0v) is 82.8. The summed E-state index contributed by atoms with van der Waals surface area (Å²) in [5.41, 5.74) is 27.2. The van der Waals surface area contributed by atoms with Gasteiger partial charge in [-0.2, -0.15) is 46.1 Å². The van der Waals surface area contributed by atoms with E-state index in [1.165, 1.54) is 39.5 Å². The highest BCUT2D eigenvalue weighted by molar-refractivity contribution is 6.32. The van der Waals surface area contributed by atoms with E-state index in [1.54, 1.807) is 52.6 Å². The Labute approximate surface area is 827 Å². The lowest BCUT2D eigenvalue weighted by molar-refractivity contribution is -0.130. The summed E-state index contributed by atoms with van der Waals surface area (Å²) in [6.07, 6.45) is 34.4. The SMILES string of the molecule is CC(=O)N1CCc2c(c(-c3cc(Cl)cc4cc(-c5cnn(C)c5)ncc34)nn2C2CCOCC2)C1.CC(=O)N1CCc2c(c(-c3cccc4c(C#N)c(-c5cnn(C)c5)ncc34)nn2C2CCOCC2)C1.CC(=O)N1CCc2c(c(-c3cccc4c(C)c(-c5cnn(C)c5)ncc34)nn2C2CCOCC2)C1.CCc1cc(-c2nn(C3CCOCC3)c3c2CN(C(C)=O)CC3)c2cnc(-c3cnn(C)c3)cc2c1. The van der Waals surface area contributed by atoms with E-state index >= 15 is 0 Å². The first-order chi connectivity index (χ1) is 69.0. The Morgan fingerprint density at radius 1 is 0.380 bits per heavy atom. The summed E-state index contributed by atoms with van der Waals surface area (Å²) in [5, 5.41) is 56.9. The summed E-state index contributed by atoms with van der Waals surface area (Å²) in [6, 6.07) is 28.6. The molecule has 4 amide bonds. The first-order valence-electron chi connectivity index (χ1n) is 49.5. The molecule has 4 fully saturated rings. The van der Waals surface area contributed by atoms with E-state index in [-0.39, 0.29) is 29.7 Å². The van der Waals surface area contributed by atoms with Crippen LogP contribution in [0.2, 0.25) is 5.02 Å². The van der Waals surface area contributed by atoms with Crippen LogP contribution in [-0.4, -0.2) is 220 Å². The number of hydrogen-bond donors (Lipinski definition) is 0. The van der Waals surface area contributed by atoms with Gasteiger partial charge in [0.25, 0.3) is 0 Å². The summed E-state index contributed by atoms with van der Waals surface area (Å²) >= 11 is 6.64. The number of carbonyl (C=O) groups is 4. The summed E-state index contributed by atoms with van der Waals surface area (Å²) in [6.45, 7) is 22.0. The fourth-order valence-corrected chi connectivity index (χ4v) is 22.2. The second-order valence-electron chi connectivity index (χ2n) is 38.5. The van der Waals surface area contributed by atoms with Gasteiger partial charge in [0.1, 0.15) is 6.07 Å². The first kappa shape index (κ1) is 94.0. The van der Waals surface area contributed by atoms with Gasteiger partial charge < -0.3 is 38.5 Å². The summed E-state index contributed by atoms with van der Waals surface area (Å²) in [7, 11) is 7.57. The lowest BCUT2D eigenvalue weighted by Crippen LogP contribution is -2.35. The van der Waals surface area contributed by atoms with E-state index < -0.39 is 0 Å². The zero-order valence-electron chi connectivity index (χ0n) is 82.0.